The largest absolute Gasteiger partial charge is 0.417 e. The molecule has 166 valence electrons. The molecule has 0 bridgehead atoms. The van der Waals surface area contributed by atoms with E-state index in [1.165, 1.54) is 18.2 Å². The van der Waals surface area contributed by atoms with E-state index in [4.69, 9.17) is 5.26 Å². The fraction of sp³-hybridized carbons (Fsp3) is 0.160. The standard InChI is InChI=1S/C25H19F3N4O/c1-3-23-31-21-12-19(20(25(26,27)28)13-22(21)32(23)2)16-7-5-9-18(11-16)30-24(33)17-8-4-6-15(10-17)14-29/h4-13H,3H2,1-2H3,(H,30,33). The summed E-state index contributed by atoms with van der Waals surface area (Å²) in [6.07, 6.45) is -3.98. The van der Waals surface area contributed by atoms with Crippen LogP contribution in [-0.2, 0) is 19.6 Å². The first-order valence-corrected chi connectivity index (χ1v) is 10.2. The Morgan fingerprint density at radius 2 is 1.88 bits per heavy atom. The van der Waals surface area contributed by atoms with Crippen LogP contribution < -0.4 is 5.32 Å². The van der Waals surface area contributed by atoms with E-state index in [0.717, 1.165) is 6.07 Å². The number of rotatable bonds is 4. The molecule has 0 radical (unpaired) electrons. The van der Waals surface area contributed by atoms with Gasteiger partial charge in [-0.3, -0.25) is 4.79 Å². The van der Waals surface area contributed by atoms with Gasteiger partial charge in [-0.05, 0) is 53.6 Å². The van der Waals surface area contributed by atoms with Crippen molar-refractivity contribution in [3.8, 4) is 17.2 Å². The van der Waals surface area contributed by atoms with Gasteiger partial charge >= 0.3 is 6.18 Å². The van der Waals surface area contributed by atoms with Crippen molar-refractivity contribution in [2.75, 3.05) is 5.32 Å². The van der Waals surface area contributed by atoms with Crippen LogP contribution in [0.2, 0.25) is 0 Å². The molecular weight excluding hydrogens is 429 g/mol. The zero-order valence-electron chi connectivity index (χ0n) is 17.9. The number of hydrogen-bond donors (Lipinski definition) is 1. The molecule has 1 aromatic heterocycles. The number of amides is 1. The number of carbonyl (C=O) groups excluding carboxylic acids is 1. The molecule has 1 amide bonds. The Morgan fingerprint density at radius 1 is 1.12 bits per heavy atom. The monoisotopic (exact) mass is 448 g/mol. The van der Waals surface area contributed by atoms with E-state index in [2.05, 4.69) is 10.3 Å². The van der Waals surface area contributed by atoms with Crippen molar-refractivity contribution in [1.82, 2.24) is 9.55 Å². The van der Waals surface area contributed by atoms with Gasteiger partial charge in [0.25, 0.3) is 5.91 Å². The third kappa shape index (κ3) is 4.30. The van der Waals surface area contributed by atoms with Crippen LogP contribution >= 0.6 is 0 Å². The van der Waals surface area contributed by atoms with Gasteiger partial charge in [0, 0.05) is 24.7 Å². The first kappa shape index (κ1) is 22.1. The molecule has 4 aromatic rings. The molecule has 5 nitrogen and oxygen atoms in total. The molecule has 4 rings (SSSR count). The van der Waals surface area contributed by atoms with Crippen LogP contribution in [0, 0.1) is 11.3 Å². The van der Waals surface area contributed by atoms with Gasteiger partial charge in [0.2, 0.25) is 0 Å². The number of alkyl halides is 3. The van der Waals surface area contributed by atoms with Crippen molar-refractivity contribution in [3.05, 3.63) is 83.2 Å². The second-order valence-electron chi connectivity index (χ2n) is 7.55. The average molecular weight is 448 g/mol. The molecule has 3 aromatic carbocycles. The Kier molecular flexibility index (Phi) is 5.64. The molecular formula is C25H19F3N4O. The summed E-state index contributed by atoms with van der Waals surface area (Å²) >= 11 is 0. The fourth-order valence-corrected chi connectivity index (χ4v) is 3.78. The number of hydrogen-bond acceptors (Lipinski definition) is 3. The summed E-state index contributed by atoms with van der Waals surface area (Å²) in [6.45, 7) is 1.89. The number of fused-ring (bicyclic) bond motifs is 1. The summed E-state index contributed by atoms with van der Waals surface area (Å²) in [6, 6.07) is 16.9. The molecule has 0 aliphatic rings. The summed E-state index contributed by atoms with van der Waals surface area (Å²) in [5.74, 6) is 0.226. The maximum atomic E-state index is 14.0. The molecule has 8 heteroatoms. The smallest absolute Gasteiger partial charge is 0.331 e. The molecule has 1 N–H and O–H groups in total. The first-order valence-electron chi connectivity index (χ1n) is 10.2. The van der Waals surface area contributed by atoms with E-state index in [9.17, 15) is 18.0 Å². The highest BCUT2D eigenvalue weighted by Gasteiger charge is 2.34. The molecule has 0 saturated carbocycles. The lowest BCUT2D eigenvalue weighted by atomic mass is 9.97. The number of imidazole rings is 1. The number of nitrogens with zero attached hydrogens (tertiary/aromatic N) is 3. The van der Waals surface area contributed by atoms with E-state index in [1.807, 2.05) is 13.0 Å². The molecule has 0 spiro atoms. The number of anilines is 1. The number of nitriles is 1. The lowest BCUT2D eigenvalue weighted by Crippen LogP contribution is -2.12. The number of carbonyl (C=O) groups is 1. The predicted octanol–water partition coefficient (Wildman–Crippen LogP) is 5.95. The average Bonchev–Trinajstić information content (AvgIpc) is 3.12. The molecule has 0 saturated heterocycles. The van der Waals surface area contributed by atoms with Crippen LogP contribution in [0.3, 0.4) is 0 Å². The first-order chi connectivity index (χ1) is 15.7. The summed E-state index contributed by atoms with van der Waals surface area (Å²) in [5, 5.41) is 11.7. The highest BCUT2D eigenvalue weighted by atomic mass is 19.4. The molecule has 0 atom stereocenters. The normalized spacial score (nSPS) is 11.4. The molecule has 33 heavy (non-hydrogen) atoms. The van der Waals surface area contributed by atoms with Gasteiger partial charge in [-0.25, -0.2) is 4.98 Å². The van der Waals surface area contributed by atoms with E-state index < -0.39 is 17.6 Å². The van der Waals surface area contributed by atoms with Crippen LogP contribution in [0.15, 0.2) is 60.7 Å². The van der Waals surface area contributed by atoms with Crippen LogP contribution in [0.5, 0.6) is 0 Å². The van der Waals surface area contributed by atoms with Crippen molar-refractivity contribution in [2.24, 2.45) is 7.05 Å². The number of benzene rings is 3. The molecule has 0 aliphatic carbocycles. The lowest BCUT2D eigenvalue weighted by molar-refractivity contribution is -0.137. The van der Waals surface area contributed by atoms with Crippen molar-refractivity contribution < 1.29 is 18.0 Å². The van der Waals surface area contributed by atoms with Gasteiger partial charge in [-0.1, -0.05) is 25.1 Å². The van der Waals surface area contributed by atoms with Crippen molar-refractivity contribution in [2.45, 2.75) is 19.5 Å². The van der Waals surface area contributed by atoms with Crippen LogP contribution in [0.4, 0.5) is 18.9 Å². The van der Waals surface area contributed by atoms with Crippen LogP contribution in [0.25, 0.3) is 22.2 Å². The van der Waals surface area contributed by atoms with Gasteiger partial charge in [0.05, 0.1) is 28.2 Å². The maximum Gasteiger partial charge on any atom is 0.417 e. The number of aryl methyl sites for hydroxylation is 2. The SMILES string of the molecule is CCc1nc2cc(-c3cccc(NC(=O)c4cccc(C#N)c4)c3)c(C(F)(F)F)cc2n1C. The highest BCUT2D eigenvalue weighted by Crippen LogP contribution is 2.40. The number of halogens is 3. The van der Waals surface area contributed by atoms with Gasteiger partial charge in [-0.15, -0.1) is 0 Å². The third-order valence-corrected chi connectivity index (χ3v) is 5.42. The maximum absolute atomic E-state index is 14.0. The lowest BCUT2D eigenvalue weighted by Gasteiger charge is -2.15. The second-order valence-corrected chi connectivity index (χ2v) is 7.55. The van der Waals surface area contributed by atoms with Gasteiger partial charge < -0.3 is 9.88 Å². The molecule has 0 aliphatic heterocycles. The van der Waals surface area contributed by atoms with Gasteiger partial charge in [0.1, 0.15) is 5.82 Å². The fourth-order valence-electron chi connectivity index (χ4n) is 3.78. The van der Waals surface area contributed by atoms with Gasteiger partial charge in [0.15, 0.2) is 0 Å². The molecule has 0 fully saturated rings. The Labute approximate surface area is 188 Å². The van der Waals surface area contributed by atoms with Crippen molar-refractivity contribution >= 4 is 22.6 Å². The zero-order valence-corrected chi connectivity index (χ0v) is 17.9. The minimum absolute atomic E-state index is 0.0154. The van der Waals surface area contributed by atoms with Crippen molar-refractivity contribution in [1.29, 1.82) is 5.26 Å². The van der Waals surface area contributed by atoms with E-state index in [-0.39, 0.29) is 11.1 Å². The van der Waals surface area contributed by atoms with Crippen LogP contribution in [-0.4, -0.2) is 15.5 Å². The summed E-state index contributed by atoms with van der Waals surface area (Å²) in [4.78, 5) is 17.1. The minimum atomic E-state index is -4.57. The summed E-state index contributed by atoms with van der Waals surface area (Å²) in [5.41, 5.74) is 1.34. The van der Waals surface area contributed by atoms with E-state index in [1.54, 1.807) is 48.0 Å². The molecule has 0 unspecified atom stereocenters. The van der Waals surface area contributed by atoms with Crippen molar-refractivity contribution in [3.63, 3.8) is 0 Å². The Hall–Kier alpha value is -4.12. The minimum Gasteiger partial charge on any atom is -0.331 e. The second kappa shape index (κ2) is 8.43. The Balaban J connectivity index is 1.76. The zero-order chi connectivity index (χ0) is 23.8. The highest BCUT2D eigenvalue weighted by molar-refractivity contribution is 6.04. The van der Waals surface area contributed by atoms with E-state index in [0.29, 0.717) is 40.1 Å². The quantitative estimate of drug-likeness (QED) is 0.420. The number of aromatic nitrogens is 2. The Bertz CT molecular complexity index is 1410. The summed E-state index contributed by atoms with van der Waals surface area (Å²) < 4.78 is 43.5. The Morgan fingerprint density at radius 3 is 2.58 bits per heavy atom. The van der Waals surface area contributed by atoms with Gasteiger partial charge in [-0.2, -0.15) is 18.4 Å². The van der Waals surface area contributed by atoms with E-state index >= 15 is 0 Å². The van der Waals surface area contributed by atoms with Crippen LogP contribution in [0.1, 0.15) is 34.2 Å². The predicted molar refractivity (Wildman–Crippen MR) is 120 cm³/mol. The third-order valence-electron chi connectivity index (χ3n) is 5.42. The number of nitrogens with one attached hydrogen (secondary N) is 1. The summed E-state index contributed by atoms with van der Waals surface area (Å²) in [7, 11) is 1.70. The topological polar surface area (TPSA) is 70.7 Å². The molecule has 1 heterocycles.